The van der Waals surface area contributed by atoms with Crippen molar-refractivity contribution in [3.8, 4) is 11.5 Å². The number of aryl methyl sites for hydroxylation is 1. The fourth-order valence-electron chi connectivity index (χ4n) is 3.05. The lowest BCUT2D eigenvalue weighted by molar-refractivity contribution is -0.136. The van der Waals surface area contributed by atoms with E-state index in [4.69, 9.17) is 9.47 Å². The molecule has 0 saturated heterocycles. The lowest BCUT2D eigenvalue weighted by atomic mass is 10.1. The zero-order valence-electron chi connectivity index (χ0n) is 20.0. The fourth-order valence-corrected chi connectivity index (χ4v) is 3.83. The maximum Gasteiger partial charge on any atom is 0.329 e. The van der Waals surface area contributed by atoms with Crippen LogP contribution < -0.4 is 25.5 Å². The highest BCUT2D eigenvalue weighted by atomic mass is 127. The van der Waals surface area contributed by atoms with Crippen molar-refractivity contribution in [2.45, 2.75) is 13.3 Å². The highest BCUT2D eigenvalue weighted by Gasteiger charge is 2.15. The van der Waals surface area contributed by atoms with Gasteiger partial charge in [0.05, 0.1) is 16.9 Å². The number of nitrogens with one attached hydrogen (secondary N) is 3. The van der Waals surface area contributed by atoms with Gasteiger partial charge in [0.15, 0.2) is 18.1 Å². The summed E-state index contributed by atoms with van der Waals surface area (Å²) < 4.78 is 24.7. The van der Waals surface area contributed by atoms with Crippen LogP contribution in [-0.2, 0) is 20.8 Å². The van der Waals surface area contributed by atoms with Crippen LogP contribution in [0.2, 0.25) is 0 Å². The van der Waals surface area contributed by atoms with E-state index in [0.717, 1.165) is 18.6 Å². The molecule has 3 amide bonds. The molecular formula is C26H24FIN4O5. The predicted octanol–water partition coefficient (Wildman–Crippen LogP) is 4.11. The van der Waals surface area contributed by atoms with Crippen molar-refractivity contribution < 1.29 is 28.2 Å². The Morgan fingerprint density at radius 2 is 1.62 bits per heavy atom. The quantitative estimate of drug-likeness (QED) is 0.145. The normalized spacial score (nSPS) is 10.6. The molecule has 0 aliphatic carbocycles. The zero-order chi connectivity index (χ0) is 26.8. The molecule has 0 spiro atoms. The Bertz CT molecular complexity index is 1300. The minimum atomic E-state index is -1.00. The van der Waals surface area contributed by atoms with Crippen LogP contribution >= 0.6 is 22.6 Å². The third-order valence-electron chi connectivity index (χ3n) is 4.93. The predicted molar refractivity (Wildman–Crippen MR) is 146 cm³/mol. The third-order valence-corrected chi connectivity index (χ3v) is 5.73. The molecule has 0 fully saturated rings. The van der Waals surface area contributed by atoms with Crippen LogP contribution in [0, 0.1) is 9.39 Å². The number of anilines is 2. The molecule has 0 radical (unpaired) electrons. The van der Waals surface area contributed by atoms with Crippen LogP contribution in [0.1, 0.15) is 18.1 Å². The molecule has 9 nitrogen and oxygen atoms in total. The SMILES string of the molecule is CCc1ccc(NC(=O)COc2c(I)cc(/C=N\NC(=O)C(=O)Nc3ccc(F)cc3)cc2OC)cc1. The largest absolute Gasteiger partial charge is 0.493 e. The molecule has 0 aliphatic heterocycles. The number of amides is 3. The van der Waals surface area contributed by atoms with Crippen LogP contribution in [-0.4, -0.2) is 37.7 Å². The number of hydrogen-bond acceptors (Lipinski definition) is 6. The zero-order valence-corrected chi connectivity index (χ0v) is 22.2. The molecule has 3 N–H and O–H groups in total. The number of ether oxygens (including phenoxy) is 2. The van der Waals surface area contributed by atoms with E-state index in [0.29, 0.717) is 26.3 Å². The Balaban J connectivity index is 1.56. The standard InChI is InChI=1S/C26H24FIN4O5/c1-3-16-4-8-19(9-5-16)30-23(33)15-37-24-21(28)12-17(13-22(24)36-2)14-29-32-26(35)25(34)31-20-10-6-18(27)7-11-20/h4-14H,3,15H2,1-2H3,(H,30,33)(H,31,34)(H,32,35)/b29-14-. The number of methoxy groups -OCH3 is 1. The number of carbonyl (C=O) groups excluding carboxylic acids is 3. The molecule has 37 heavy (non-hydrogen) atoms. The van der Waals surface area contributed by atoms with Gasteiger partial charge in [0, 0.05) is 11.4 Å². The number of carbonyl (C=O) groups is 3. The first-order chi connectivity index (χ1) is 17.8. The van der Waals surface area contributed by atoms with E-state index >= 15 is 0 Å². The summed E-state index contributed by atoms with van der Waals surface area (Å²) in [5, 5.41) is 8.90. The maximum absolute atomic E-state index is 13.0. The highest BCUT2D eigenvalue weighted by Crippen LogP contribution is 2.33. The minimum Gasteiger partial charge on any atom is -0.493 e. The summed E-state index contributed by atoms with van der Waals surface area (Å²) in [6, 6.07) is 15.8. The molecule has 0 heterocycles. The summed E-state index contributed by atoms with van der Waals surface area (Å²) in [7, 11) is 1.45. The van der Waals surface area contributed by atoms with Crippen molar-refractivity contribution in [2.24, 2.45) is 5.10 Å². The number of halogens is 2. The lowest BCUT2D eigenvalue weighted by Crippen LogP contribution is -2.32. The smallest absolute Gasteiger partial charge is 0.329 e. The van der Waals surface area contributed by atoms with Gasteiger partial charge in [0.25, 0.3) is 5.91 Å². The molecule has 3 aromatic rings. The van der Waals surface area contributed by atoms with E-state index in [2.05, 4.69) is 28.1 Å². The number of rotatable bonds is 9. The van der Waals surface area contributed by atoms with E-state index in [1.165, 1.54) is 31.0 Å². The third kappa shape index (κ3) is 8.27. The molecule has 0 saturated carbocycles. The Kier molecular flexibility index (Phi) is 9.95. The van der Waals surface area contributed by atoms with Gasteiger partial charge in [-0.3, -0.25) is 14.4 Å². The molecule has 11 heteroatoms. The number of benzene rings is 3. The number of hydrazone groups is 1. The molecule has 3 rings (SSSR count). The fraction of sp³-hybridized carbons (Fsp3) is 0.154. The van der Waals surface area contributed by atoms with Crippen LogP contribution in [0.3, 0.4) is 0 Å². The van der Waals surface area contributed by atoms with Gasteiger partial charge >= 0.3 is 11.8 Å². The van der Waals surface area contributed by atoms with Crippen LogP contribution in [0.5, 0.6) is 11.5 Å². The van der Waals surface area contributed by atoms with Crippen molar-refractivity contribution in [1.29, 1.82) is 0 Å². The van der Waals surface area contributed by atoms with Crippen LogP contribution in [0.15, 0.2) is 65.8 Å². The monoisotopic (exact) mass is 618 g/mol. The Labute approximate surface area is 226 Å². The average Bonchev–Trinajstić information content (AvgIpc) is 2.89. The first-order valence-corrected chi connectivity index (χ1v) is 12.2. The van der Waals surface area contributed by atoms with Gasteiger partial charge in [0.2, 0.25) is 0 Å². The summed E-state index contributed by atoms with van der Waals surface area (Å²) in [5.74, 6) is -2.02. The van der Waals surface area contributed by atoms with Crippen molar-refractivity contribution >= 4 is 57.9 Å². The number of nitrogens with zero attached hydrogens (tertiary/aromatic N) is 1. The van der Waals surface area contributed by atoms with Gasteiger partial charge in [0.1, 0.15) is 5.82 Å². The van der Waals surface area contributed by atoms with Gasteiger partial charge in [-0.25, -0.2) is 9.82 Å². The van der Waals surface area contributed by atoms with Crippen molar-refractivity contribution in [3.63, 3.8) is 0 Å². The van der Waals surface area contributed by atoms with Crippen molar-refractivity contribution in [2.75, 3.05) is 24.4 Å². The number of hydrogen-bond donors (Lipinski definition) is 3. The summed E-state index contributed by atoms with van der Waals surface area (Å²) in [6.45, 7) is 1.83. The molecule has 3 aromatic carbocycles. The average molecular weight is 618 g/mol. The first-order valence-electron chi connectivity index (χ1n) is 11.1. The van der Waals surface area contributed by atoms with Gasteiger partial charge in [-0.1, -0.05) is 19.1 Å². The van der Waals surface area contributed by atoms with Gasteiger partial charge < -0.3 is 20.1 Å². The maximum atomic E-state index is 13.0. The summed E-state index contributed by atoms with van der Waals surface area (Å²) >= 11 is 2.03. The Hall–Kier alpha value is -4.00. The van der Waals surface area contributed by atoms with Crippen LogP contribution in [0.4, 0.5) is 15.8 Å². The summed E-state index contributed by atoms with van der Waals surface area (Å²) in [6.07, 6.45) is 2.24. The second-order valence-electron chi connectivity index (χ2n) is 7.58. The van der Waals surface area contributed by atoms with Crippen molar-refractivity contribution in [3.05, 3.63) is 81.2 Å². The minimum absolute atomic E-state index is 0.228. The molecule has 0 bridgehead atoms. The second-order valence-corrected chi connectivity index (χ2v) is 8.74. The van der Waals surface area contributed by atoms with Gasteiger partial charge in [-0.15, -0.1) is 0 Å². The van der Waals surface area contributed by atoms with Crippen molar-refractivity contribution in [1.82, 2.24) is 5.43 Å². The van der Waals surface area contributed by atoms with E-state index in [1.807, 2.05) is 46.9 Å². The van der Waals surface area contributed by atoms with E-state index in [-0.39, 0.29) is 18.2 Å². The topological polar surface area (TPSA) is 118 Å². The van der Waals surface area contributed by atoms with Gasteiger partial charge in [-0.05, 0) is 88.7 Å². The summed E-state index contributed by atoms with van der Waals surface area (Å²) in [5.41, 5.74) is 4.78. The first kappa shape index (κ1) is 27.6. The highest BCUT2D eigenvalue weighted by molar-refractivity contribution is 14.1. The lowest BCUT2D eigenvalue weighted by Gasteiger charge is -2.13. The molecule has 0 unspecified atom stereocenters. The summed E-state index contributed by atoms with van der Waals surface area (Å²) in [4.78, 5) is 36.2. The van der Waals surface area contributed by atoms with E-state index in [1.54, 1.807) is 12.1 Å². The van der Waals surface area contributed by atoms with E-state index < -0.39 is 17.6 Å². The molecular weight excluding hydrogens is 594 g/mol. The van der Waals surface area contributed by atoms with Gasteiger partial charge in [-0.2, -0.15) is 5.10 Å². The molecule has 0 aliphatic rings. The Morgan fingerprint density at radius 1 is 0.973 bits per heavy atom. The van der Waals surface area contributed by atoms with Crippen LogP contribution in [0.25, 0.3) is 0 Å². The molecule has 0 atom stereocenters. The molecule has 0 aromatic heterocycles. The molecule has 192 valence electrons. The second kappa shape index (κ2) is 13.3. The Morgan fingerprint density at radius 3 is 2.27 bits per heavy atom. The van der Waals surface area contributed by atoms with E-state index in [9.17, 15) is 18.8 Å².